The predicted molar refractivity (Wildman–Crippen MR) is 109 cm³/mol. The highest BCUT2D eigenvalue weighted by Gasteiger charge is 2.30. The van der Waals surface area contributed by atoms with Gasteiger partial charge < -0.3 is 15.0 Å². The smallest absolute Gasteiger partial charge is 0.323 e. The Morgan fingerprint density at radius 2 is 1.93 bits per heavy atom. The first-order chi connectivity index (χ1) is 14.1. The van der Waals surface area contributed by atoms with Gasteiger partial charge in [-0.2, -0.15) is 0 Å². The number of piperidine rings is 1. The number of benzene rings is 1. The third-order valence-electron chi connectivity index (χ3n) is 5.87. The zero-order valence-corrected chi connectivity index (χ0v) is 16.8. The van der Waals surface area contributed by atoms with Gasteiger partial charge in [0.25, 0.3) is 0 Å². The average Bonchev–Trinajstić information content (AvgIpc) is 3.21. The average molecular weight is 404 g/mol. The molecule has 158 valence electrons. The van der Waals surface area contributed by atoms with E-state index < -0.39 is 0 Å². The van der Waals surface area contributed by atoms with Gasteiger partial charge in [-0.05, 0) is 48.1 Å². The highest BCUT2D eigenvalue weighted by Crippen LogP contribution is 2.40. The van der Waals surface area contributed by atoms with Crippen molar-refractivity contribution in [3.05, 3.63) is 16.2 Å². The van der Waals surface area contributed by atoms with Crippen molar-refractivity contribution in [2.24, 2.45) is 5.92 Å². The normalized spacial score (nSPS) is 19.0. The van der Waals surface area contributed by atoms with Gasteiger partial charge in [0.1, 0.15) is 5.69 Å². The Hall–Kier alpha value is -2.46. The van der Waals surface area contributed by atoms with Crippen LogP contribution in [0.1, 0.15) is 26.2 Å². The number of nitro benzene ring substituents is 1. The Bertz CT molecular complexity index is 843. The van der Waals surface area contributed by atoms with Gasteiger partial charge in [0.05, 0.1) is 23.8 Å². The molecule has 10 heteroatoms. The maximum absolute atomic E-state index is 11.8. The van der Waals surface area contributed by atoms with Crippen molar-refractivity contribution < 1.29 is 14.3 Å². The number of aromatic nitrogens is 2. The molecule has 2 aliphatic heterocycles. The van der Waals surface area contributed by atoms with Crippen LogP contribution >= 0.6 is 0 Å². The molecule has 29 heavy (non-hydrogen) atoms. The Labute approximate surface area is 169 Å². The fourth-order valence-corrected chi connectivity index (χ4v) is 4.07. The standard InChI is InChI=1S/C19H28N6O4/c1-14-3-7-24(8-4-14)16-13-15(17-18(22-29-21-17)19(16)25(26)27)20-5-2-6-23-9-11-28-12-10-23/h13-14,20H,2-12H2,1H3. The summed E-state index contributed by atoms with van der Waals surface area (Å²) in [7, 11) is 0. The molecule has 3 heterocycles. The zero-order valence-electron chi connectivity index (χ0n) is 16.8. The number of ether oxygens (including phenoxy) is 1. The maximum Gasteiger partial charge on any atom is 0.323 e. The van der Waals surface area contributed by atoms with Gasteiger partial charge in [-0.25, -0.2) is 4.63 Å². The molecule has 0 spiro atoms. The molecule has 0 radical (unpaired) electrons. The summed E-state index contributed by atoms with van der Waals surface area (Å²) in [6, 6.07) is 1.84. The topological polar surface area (TPSA) is 110 Å². The third kappa shape index (κ3) is 4.43. The number of fused-ring (bicyclic) bond motifs is 1. The van der Waals surface area contributed by atoms with E-state index in [0.29, 0.717) is 17.1 Å². The molecule has 2 saturated heterocycles. The second-order valence-corrected chi connectivity index (χ2v) is 7.91. The monoisotopic (exact) mass is 404 g/mol. The number of hydrogen-bond donors (Lipinski definition) is 1. The summed E-state index contributed by atoms with van der Waals surface area (Å²) < 4.78 is 10.3. The molecule has 2 fully saturated rings. The summed E-state index contributed by atoms with van der Waals surface area (Å²) in [5, 5.41) is 23.0. The number of nitrogens with zero attached hydrogens (tertiary/aromatic N) is 5. The van der Waals surface area contributed by atoms with Gasteiger partial charge in [-0.1, -0.05) is 6.92 Å². The van der Waals surface area contributed by atoms with Crippen LogP contribution in [0.4, 0.5) is 17.1 Å². The Morgan fingerprint density at radius 1 is 1.21 bits per heavy atom. The van der Waals surface area contributed by atoms with E-state index in [9.17, 15) is 10.1 Å². The fraction of sp³-hybridized carbons (Fsp3) is 0.684. The summed E-state index contributed by atoms with van der Waals surface area (Å²) in [6.07, 6.45) is 3.00. The van der Waals surface area contributed by atoms with Crippen molar-refractivity contribution in [2.45, 2.75) is 26.2 Å². The van der Waals surface area contributed by atoms with Crippen LogP contribution in [-0.2, 0) is 4.74 Å². The summed E-state index contributed by atoms with van der Waals surface area (Å²) in [4.78, 5) is 15.9. The largest absolute Gasteiger partial charge is 0.383 e. The Balaban J connectivity index is 1.52. The van der Waals surface area contributed by atoms with Crippen LogP contribution < -0.4 is 10.2 Å². The lowest BCUT2D eigenvalue weighted by molar-refractivity contribution is -0.382. The van der Waals surface area contributed by atoms with E-state index in [0.717, 1.165) is 77.4 Å². The van der Waals surface area contributed by atoms with Crippen molar-refractivity contribution in [1.82, 2.24) is 15.2 Å². The first-order valence-electron chi connectivity index (χ1n) is 10.4. The van der Waals surface area contributed by atoms with Crippen LogP contribution in [0.25, 0.3) is 11.0 Å². The van der Waals surface area contributed by atoms with Gasteiger partial charge in [0, 0.05) is 32.7 Å². The first-order valence-corrected chi connectivity index (χ1v) is 10.4. The molecule has 0 aliphatic carbocycles. The van der Waals surface area contributed by atoms with Crippen LogP contribution in [0.15, 0.2) is 10.7 Å². The maximum atomic E-state index is 11.8. The highest BCUT2D eigenvalue weighted by atomic mass is 16.6. The fourth-order valence-electron chi connectivity index (χ4n) is 4.07. The van der Waals surface area contributed by atoms with Gasteiger partial charge in [-0.15, -0.1) is 0 Å². The molecule has 2 aliphatic rings. The van der Waals surface area contributed by atoms with Gasteiger partial charge in [0.2, 0.25) is 5.52 Å². The molecule has 1 aromatic carbocycles. The second-order valence-electron chi connectivity index (χ2n) is 7.91. The number of anilines is 2. The van der Waals surface area contributed by atoms with Crippen molar-refractivity contribution in [3.8, 4) is 0 Å². The molecule has 1 N–H and O–H groups in total. The number of nitrogens with one attached hydrogen (secondary N) is 1. The quantitative estimate of drug-likeness (QED) is 0.423. The van der Waals surface area contributed by atoms with E-state index in [1.807, 2.05) is 6.07 Å². The molecule has 10 nitrogen and oxygen atoms in total. The summed E-state index contributed by atoms with van der Waals surface area (Å²) in [5.41, 5.74) is 1.94. The molecule has 1 aromatic heterocycles. The van der Waals surface area contributed by atoms with E-state index in [1.165, 1.54) is 0 Å². The summed E-state index contributed by atoms with van der Waals surface area (Å²) in [5.74, 6) is 0.639. The molecule has 2 aromatic rings. The van der Waals surface area contributed by atoms with Crippen molar-refractivity contribution in [1.29, 1.82) is 0 Å². The lowest BCUT2D eigenvalue weighted by Crippen LogP contribution is -2.37. The van der Waals surface area contributed by atoms with Gasteiger partial charge >= 0.3 is 5.69 Å². The number of hydrogen-bond acceptors (Lipinski definition) is 9. The van der Waals surface area contributed by atoms with E-state index in [-0.39, 0.29) is 16.1 Å². The first kappa shape index (κ1) is 19.8. The minimum Gasteiger partial charge on any atom is -0.383 e. The highest BCUT2D eigenvalue weighted by molar-refractivity contribution is 5.99. The minimum absolute atomic E-state index is 0.0188. The van der Waals surface area contributed by atoms with Crippen molar-refractivity contribution in [3.63, 3.8) is 0 Å². The lowest BCUT2D eigenvalue weighted by atomic mass is 9.98. The molecular weight excluding hydrogens is 376 g/mol. The molecule has 0 atom stereocenters. The Kier molecular flexibility index (Phi) is 6.10. The lowest BCUT2D eigenvalue weighted by Gasteiger charge is -2.32. The van der Waals surface area contributed by atoms with E-state index in [4.69, 9.17) is 9.37 Å². The van der Waals surface area contributed by atoms with Gasteiger partial charge in [0.15, 0.2) is 5.52 Å². The molecular formula is C19H28N6O4. The van der Waals surface area contributed by atoms with E-state index in [1.54, 1.807) is 0 Å². The van der Waals surface area contributed by atoms with Crippen LogP contribution in [-0.4, -0.2) is 72.6 Å². The number of rotatable bonds is 7. The van der Waals surface area contributed by atoms with Crippen LogP contribution in [0.2, 0.25) is 0 Å². The summed E-state index contributed by atoms with van der Waals surface area (Å²) >= 11 is 0. The van der Waals surface area contributed by atoms with E-state index >= 15 is 0 Å². The van der Waals surface area contributed by atoms with Gasteiger partial charge in [-0.3, -0.25) is 15.0 Å². The molecule has 0 amide bonds. The van der Waals surface area contributed by atoms with Crippen molar-refractivity contribution in [2.75, 3.05) is 62.7 Å². The SMILES string of the molecule is CC1CCN(c2cc(NCCCN3CCOCC3)c3nonc3c2[N+](=O)[O-])CC1. The Morgan fingerprint density at radius 3 is 2.66 bits per heavy atom. The number of nitro groups is 1. The zero-order chi connectivity index (χ0) is 20.2. The summed E-state index contributed by atoms with van der Waals surface area (Å²) in [6.45, 7) is 9.06. The molecule has 4 rings (SSSR count). The van der Waals surface area contributed by atoms with E-state index in [2.05, 4.69) is 32.4 Å². The molecule has 0 saturated carbocycles. The molecule has 0 unspecified atom stereocenters. The van der Waals surface area contributed by atoms with Crippen LogP contribution in [0, 0.1) is 16.0 Å². The second kappa shape index (κ2) is 8.91. The van der Waals surface area contributed by atoms with Crippen LogP contribution in [0.3, 0.4) is 0 Å². The third-order valence-corrected chi connectivity index (χ3v) is 5.87. The van der Waals surface area contributed by atoms with Crippen molar-refractivity contribution >= 4 is 28.1 Å². The van der Waals surface area contributed by atoms with Crippen LogP contribution in [0.5, 0.6) is 0 Å². The number of morpholine rings is 1. The molecule has 0 bridgehead atoms. The minimum atomic E-state index is -0.373. The predicted octanol–water partition coefficient (Wildman–Crippen LogP) is 2.50.